The van der Waals surface area contributed by atoms with Crippen molar-refractivity contribution in [1.82, 2.24) is 19.9 Å². The average Bonchev–Trinajstić information content (AvgIpc) is 3.54. The Morgan fingerprint density at radius 2 is 1.78 bits per heavy atom. The molecule has 0 radical (unpaired) electrons. The topological polar surface area (TPSA) is 134 Å². The molecule has 0 aliphatic heterocycles. The lowest BCUT2D eigenvalue weighted by Crippen LogP contribution is -2.41. The Morgan fingerprint density at radius 3 is 2.46 bits per heavy atom. The number of nitrogen functional groups attached to an aromatic ring is 1. The lowest BCUT2D eigenvalue weighted by Gasteiger charge is -2.27. The second-order valence-electron chi connectivity index (χ2n) is 10.2. The van der Waals surface area contributed by atoms with E-state index in [9.17, 15) is 4.79 Å². The number of aromatic nitrogens is 3. The van der Waals surface area contributed by atoms with Gasteiger partial charge in [-0.15, -0.1) is 0 Å². The summed E-state index contributed by atoms with van der Waals surface area (Å²) >= 11 is 0. The molecule has 2 saturated carbocycles. The van der Waals surface area contributed by atoms with Crippen LogP contribution in [0.25, 0.3) is 5.82 Å². The first-order chi connectivity index (χ1) is 18.0. The third kappa shape index (κ3) is 6.87. The van der Waals surface area contributed by atoms with Gasteiger partial charge in [-0.25, -0.2) is 0 Å². The van der Waals surface area contributed by atoms with Gasteiger partial charge in [0.05, 0.1) is 0 Å². The van der Waals surface area contributed by atoms with Crippen molar-refractivity contribution in [3.05, 3.63) is 66.0 Å². The van der Waals surface area contributed by atoms with Gasteiger partial charge in [0.1, 0.15) is 23.5 Å². The lowest BCUT2D eigenvalue weighted by atomic mass is 9.84. The van der Waals surface area contributed by atoms with Gasteiger partial charge in [-0.3, -0.25) is 10.2 Å². The normalized spacial score (nSPS) is 16.6. The summed E-state index contributed by atoms with van der Waals surface area (Å²) in [5, 5.41) is 17.5. The Morgan fingerprint density at radius 1 is 1.05 bits per heavy atom. The van der Waals surface area contributed by atoms with Crippen LogP contribution in [0, 0.1) is 11.3 Å². The van der Waals surface area contributed by atoms with Crippen LogP contribution in [0.2, 0.25) is 0 Å². The van der Waals surface area contributed by atoms with Crippen LogP contribution >= 0.6 is 0 Å². The molecule has 1 amide bonds. The van der Waals surface area contributed by atoms with E-state index in [1.165, 1.54) is 19.3 Å². The molecule has 2 aromatic heterocycles. The number of nitrogens with one attached hydrogen (secondary N) is 4. The van der Waals surface area contributed by atoms with Crippen molar-refractivity contribution in [2.24, 2.45) is 11.7 Å². The molecule has 1 atom stereocenters. The summed E-state index contributed by atoms with van der Waals surface area (Å²) in [5.74, 6) is 2.49. The van der Waals surface area contributed by atoms with Crippen LogP contribution in [0.15, 0.2) is 54.9 Å². The molecule has 6 N–H and O–H groups in total. The molecule has 194 valence electrons. The summed E-state index contributed by atoms with van der Waals surface area (Å²) in [6.45, 7) is 0.409. The van der Waals surface area contributed by atoms with E-state index in [0.717, 1.165) is 43.5 Å². The summed E-state index contributed by atoms with van der Waals surface area (Å²) in [4.78, 5) is 22.9. The van der Waals surface area contributed by atoms with Crippen molar-refractivity contribution in [3.63, 3.8) is 0 Å². The number of hydrogen-bond donors (Lipinski definition) is 5. The molecule has 1 aromatic carbocycles. The predicted octanol–water partition coefficient (Wildman–Crippen LogP) is 4.19. The van der Waals surface area contributed by atoms with Crippen molar-refractivity contribution in [3.8, 4) is 5.82 Å². The smallest absolute Gasteiger partial charge is 0.242 e. The van der Waals surface area contributed by atoms with Gasteiger partial charge >= 0.3 is 0 Å². The number of amides is 1. The molecule has 0 bridgehead atoms. The number of amidine groups is 1. The van der Waals surface area contributed by atoms with Gasteiger partial charge in [-0.1, -0.05) is 56.4 Å². The Bertz CT molecular complexity index is 1200. The minimum atomic E-state index is -0.402. The standard InChI is InChI=1S/C28H36N8O/c29-26(30)21-10-8-20(9-11-21)18-31-27(37)23(16-19-6-2-1-3-7-19)33-24-17-25(36-14-4-5-15-36)35-28(34-24)32-22-12-13-22/h4-5,8-11,14-15,17,19,22-23H,1-3,6-7,12-13,16,18H2,(H3,29,30)(H,31,37)(H2,32,33,34,35)/t23-/m1/s1. The van der Waals surface area contributed by atoms with Crippen LogP contribution < -0.4 is 21.7 Å². The van der Waals surface area contributed by atoms with E-state index in [1.54, 1.807) is 12.1 Å². The van der Waals surface area contributed by atoms with Gasteiger partial charge in [0.15, 0.2) is 0 Å². The highest BCUT2D eigenvalue weighted by Crippen LogP contribution is 2.29. The van der Waals surface area contributed by atoms with E-state index in [0.29, 0.717) is 35.8 Å². The Labute approximate surface area is 217 Å². The van der Waals surface area contributed by atoms with Gasteiger partial charge in [0, 0.05) is 36.6 Å². The van der Waals surface area contributed by atoms with Gasteiger partial charge in [-0.05, 0) is 42.9 Å². The van der Waals surface area contributed by atoms with Crippen molar-refractivity contribution >= 4 is 23.5 Å². The third-order valence-corrected chi connectivity index (χ3v) is 7.16. The molecular weight excluding hydrogens is 464 g/mol. The average molecular weight is 501 g/mol. The van der Waals surface area contributed by atoms with E-state index >= 15 is 0 Å². The van der Waals surface area contributed by atoms with E-state index < -0.39 is 6.04 Å². The maximum atomic E-state index is 13.5. The fourth-order valence-corrected chi connectivity index (χ4v) is 4.88. The van der Waals surface area contributed by atoms with Crippen molar-refractivity contribution in [1.29, 1.82) is 5.41 Å². The van der Waals surface area contributed by atoms with Gasteiger partial charge in [-0.2, -0.15) is 9.97 Å². The molecule has 5 rings (SSSR count). The number of hydrogen-bond acceptors (Lipinski definition) is 6. The summed E-state index contributed by atoms with van der Waals surface area (Å²) in [6, 6.07) is 13.2. The quantitative estimate of drug-likeness (QED) is 0.198. The number of nitrogens with two attached hydrogens (primary N) is 1. The molecule has 2 aliphatic rings. The Hall–Kier alpha value is -3.88. The second kappa shape index (κ2) is 11.5. The van der Waals surface area contributed by atoms with Crippen molar-refractivity contribution in [2.45, 2.75) is 70.0 Å². The molecule has 9 heteroatoms. The minimum absolute atomic E-state index is 0.0343. The molecule has 2 heterocycles. The zero-order valence-electron chi connectivity index (χ0n) is 21.1. The fraction of sp³-hybridized carbons (Fsp3) is 0.429. The zero-order chi connectivity index (χ0) is 25.6. The maximum Gasteiger partial charge on any atom is 0.242 e. The largest absolute Gasteiger partial charge is 0.384 e. The molecule has 2 aliphatic carbocycles. The monoisotopic (exact) mass is 500 g/mol. The molecule has 9 nitrogen and oxygen atoms in total. The summed E-state index contributed by atoms with van der Waals surface area (Å²) < 4.78 is 1.95. The van der Waals surface area contributed by atoms with Gasteiger partial charge in [0.2, 0.25) is 11.9 Å². The van der Waals surface area contributed by atoms with Crippen LogP contribution in [-0.4, -0.2) is 38.4 Å². The maximum absolute atomic E-state index is 13.5. The van der Waals surface area contributed by atoms with Gasteiger partial charge < -0.3 is 26.3 Å². The first kappa shape index (κ1) is 24.8. The third-order valence-electron chi connectivity index (χ3n) is 7.16. The molecule has 37 heavy (non-hydrogen) atoms. The molecule has 0 spiro atoms. The van der Waals surface area contributed by atoms with Crippen LogP contribution in [0.1, 0.15) is 62.5 Å². The molecule has 0 saturated heterocycles. The number of benzene rings is 1. The van der Waals surface area contributed by atoms with E-state index in [1.807, 2.05) is 47.3 Å². The van der Waals surface area contributed by atoms with Crippen LogP contribution in [-0.2, 0) is 11.3 Å². The Balaban J connectivity index is 1.33. The number of nitrogens with zero attached hydrogens (tertiary/aromatic N) is 3. The van der Waals surface area contributed by atoms with Crippen molar-refractivity contribution < 1.29 is 4.79 Å². The molecule has 0 unspecified atom stereocenters. The lowest BCUT2D eigenvalue weighted by molar-refractivity contribution is -0.122. The van der Waals surface area contributed by atoms with Crippen LogP contribution in [0.3, 0.4) is 0 Å². The second-order valence-corrected chi connectivity index (χ2v) is 10.2. The SMILES string of the molecule is N=C(N)c1ccc(CNC(=O)[C@@H](CC2CCCCC2)Nc2cc(-n3cccc3)nc(NC3CC3)n2)cc1. The molecular formula is C28H36N8O. The summed E-state index contributed by atoms with van der Waals surface area (Å²) in [5.41, 5.74) is 7.19. The number of rotatable bonds is 11. The van der Waals surface area contributed by atoms with E-state index in [-0.39, 0.29) is 11.7 Å². The molecule has 3 aromatic rings. The zero-order valence-corrected chi connectivity index (χ0v) is 21.1. The van der Waals surface area contributed by atoms with Crippen LogP contribution in [0.5, 0.6) is 0 Å². The molecule has 2 fully saturated rings. The highest BCUT2D eigenvalue weighted by molar-refractivity contribution is 5.94. The minimum Gasteiger partial charge on any atom is -0.384 e. The highest BCUT2D eigenvalue weighted by atomic mass is 16.2. The predicted molar refractivity (Wildman–Crippen MR) is 146 cm³/mol. The number of carbonyl (C=O) groups is 1. The summed E-state index contributed by atoms with van der Waals surface area (Å²) in [6.07, 6.45) is 13.0. The van der Waals surface area contributed by atoms with E-state index in [4.69, 9.17) is 21.1 Å². The number of anilines is 2. The first-order valence-corrected chi connectivity index (χ1v) is 13.3. The highest BCUT2D eigenvalue weighted by Gasteiger charge is 2.26. The fourth-order valence-electron chi connectivity index (χ4n) is 4.88. The first-order valence-electron chi connectivity index (χ1n) is 13.3. The number of carbonyl (C=O) groups excluding carboxylic acids is 1. The Kier molecular flexibility index (Phi) is 7.67. The summed E-state index contributed by atoms with van der Waals surface area (Å²) in [7, 11) is 0. The van der Waals surface area contributed by atoms with Gasteiger partial charge in [0.25, 0.3) is 0 Å². The van der Waals surface area contributed by atoms with E-state index in [2.05, 4.69) is 16.0 Å². The van der Waals surface area contributed by atoms with Crippen LogP contribution in [0.4, 0.5) is 11.8 Å². The van der Waals surface area contributed by atoms with Crippen molar-refractivity contribution in [2.75, 3.05) is 10.6 Å².